The normalized spacial score (nSPS) is 11.4. The highest BCUT2D eigenvalue weighted by atomic mass is 32.1. The number of nitrogens with zero attached hydrogens (tertiary/aromatic N) is 2. The number of hydrogen-bond acceptors (Lipinski definition) is 3. The van der Waals surface area contributed by atoms with Crippen molar-refractivity contribution in [2.75, 3.05) is 0 Å². The van der Waals surface area contributed by atoms with Crippen molar-refractivity contribution >= 4 is 44.6 Å². The van der Waals surface area contributed by atoms with E-state index >= 15 is 0 Å². The first kappa shape index (κ1) is 12.5. The zero-order valence-corrected chi connectivity index (χ0v) is 11.3. The highest BCUT2D eigenvalue weighted by Gasteiger charge is 2.08. The number of aromatic hydroxyl groups is 1. The molecule has 3 rings (SSSR count). The Kier molecular flexibility index (Phi) is 3.04. The molecule has 0 amide bonds. The molecule has 0 aliphatic carbocycles. The smallest absolute Gasteiger partial charge is 0.211 e. The summed E-state index contributed by atoms with van der Waals surface area (Å²) in [4.78, 5) is 0. The Morgan fingerprint density at radius 3 is 2.50 bits per heavy atom. The van der Waals surface area contributed by atoms with E-state index in [2.05, 4.69) is 22.4 Å². The zero-order valence-electron chi connectivity index (χ0n) is 10.4. The van der Waals surface area contributed by atoms with Crippen LogP contribution in [-0.4, -0.2) is 10.2 Å². The van der Waals surface area contributed by atoms with Crippen LogP contribution in [0.5, 0.6) is 5.75 Å². The molecular weight excluding hydrogens is 270 g/mol. The summed E-state index contributed by atoms with van der Waals surface area (Å²) < 4.78 is 0. The summed E-state index contributed by atoms with van der Waals surface area (Å²) in [6, 6.07) is 15.4. The number of rotatable bonds is 1. The maximum atomic E-state index is 9.96. The summed E-state index contributed by atoms with van der Waals surface area (Å²) in [7, 11) is 0. The van der Waals surface area contributed by atoms with Gasteiger partial charge >= 0.3 is 0 Å². The van der Waals surface area contributed by atoms with Gasteiger partial charge in [0.2, 0.25) is 5.11 Å². The summed E-state index contributed by atoms with van der Waals surface area (Å²) in [6.07, 6.45) is 0. The van der Waals surface area contributed by atoms with Crippen molar-refractivity contribution in [3.8, 4) is 5.75 Å². The summed E-state index contributed by atoms with van der Waals surface area (Å²) in [5, 5.41) is 21.5. The Hall–Kier alpha value is -2.53. The summed E-state index contributed by atoms with van der Waals surface area (Å²) in [5.74, 6) is 0.0489. The van der Waals surface area contributed by atoms with Crippen LogP contribution in [0.3, 0.4) is 0 Å². The molecule has 3 N–H and O–H groups in total. The van der Waals surface area contributed by atoms with Gasteiger partial charge in [0.05, 0.1) is 0 Å². The average Bonchev–Trinajstić information content (AvgIpc) is 2.45. The van der Waals surface area contributed by atoms with E-state index in [0.29, 0.717) is 5.69 Å². The lowest BCUT2D eigenvalue weighted by Gasteiger charge is -2.07. The molecule has 0 atom stereocenters. The second-order valence-electron chi connectivity index (χ2n) is 4.35. The molecule has 5 heteroatoms. The molecule has 20 heavy (non-hydrogen) atoms. The molecule has 0 unspecified atom stereocenters. The molecule has 0 aliphatic heterocycles. The van der Waals surface area contributed by atoms with Crippen LogP contribution in [0, 0.1) is 0 Å². The molecule has 0 heterocycles. The Balaban J connectivity index is 2.37. The number of benzene rings is 3. The average molecular weight is 281 g/mol. The van der Waals surface area contributed by atoms with Crippen molar-refractivity contribution in [3.05, 3.63) is 48.5 Å². The molecule has 0 aliphatic rings. The molecular formula is C15H11N3OS. The van der Waals surface area contributed by atoms with Crippen molar-refractivity contribution in [1.82, 2.24) is 0 Å². The standard InChI is InChI=1S/C15H11N3OS/c16-15(20)18-17-14-12-6-5-9-3-1-2-4-10(9)11(12)7-8-13(14)19/h1-8,19H,(H2,16,20). The Morgan fingerprint density at radius 2 is 1.70 bits per heavy atom. The van der Waals surface area contributed by atoms with E-state index in [9.17, 15) is 5.11 Å². The predicted molar refractivity (Wildman–Crippen MR) is 84.4 cm³/mol. The van der Waals surface area contributed by atoms with Gasteiger partial charge in [0.1, 0.15) is 11.4 Å². The number of thiocarbonyl (C=S) groups is 1. The third kappa shape index (κ3) is 2.08. The van der Waals surface area contributed by atoms with E-state index in [-0.39, 0.29) is 10.9 Å². The Labute approximate surface area is 120 Å². The van der Waals surface area contributed by atoms with Gasteiger partial charge in [0.15, 0.2) is 0 Å². The van der Waals surface area contributed by atoms with Crippen molar-refractivity contribution in [3.63, 3.8) is 0 Å². The summed E-state index contributed by atoms with van der Waals surface area (Å²) >= 11 is 4.67. The van der Waals surface area contributed by atoms with E-state index in [4.69, 9.17) is 5.73 Å². The fourth-order valence-electron chi connectivity index (χ4n) is 2.27. The topological polar surface area (TPSA) is 71.0 Å². The lowest BCUT2D eigenvalue weighted by Crippen LogP contribution is -2.01. The predicted octanol–water partition coefficient (Wildman–Crippen LogP) is 4.03. The van der Waals surface area contributed by atoms with E-state index in [1.165, 1.54) is 0 Å². The second-order valence-corrected chi connectivity index (χ2v) is 4.77. The van der Waals surface area contributed by atoms with E-state index in [1.54, 1.807) is 6.07 Å². The van der Waals surface area contributed by atoms with Crippen LogP contribution in [0.4, 0.5) is 5.69 Å². The molecule has 0 aromatic heterocycles. The first-order valence-electron chi connectivity index (χ1n) is 6.01. The SMILES string of the molecule is NC(=S)N=Nc1c(O)ccc2c1ccc1ccccc12. The number of nitrogens with two attached hydrogens (primary N) is 1. The van der Waals surface area contributed by atoms with Gasteiger partial charge in [-0.15, -0.1) is 10.2 Å². The van der Waals surface area contributed by atoms with Gasteiger partial charge < -0.3 is 10.8 Å². The van der Waals surface area contributed by atoms with Crippen molar-refractivity contribution in [1.29, 1.82) is 0 Å². The number of hydrogen-bond donors (Lipinski definition) is 2. The van der Waals surface area contributed by atoms with Crippen molar-refractivity contribution < 1.29 is 5.11 Å². The molecule has 98 valence electrons. The van der Waals surface area contributed by atoms with Crippen LogP contribution in [-0.2, 0) is 0 Å². The largest absolute Gasteiger partial charge is 0.506 e. The molecule has 3 aromatic carbocycles. The molecule has 0 saturated carbocycles. The highest BCUT2D eigenvalue weighted by Crippen LogP contribution is 2.38. The van der Waals surface area contributed by atoms with E-state index < -0.39 is 0 Å². The first-order valence-corrected chi connectivity index (χ1v) is 6.42. The number of fused-ring (bicyclic) bond motifs is 3. The fraction of sp³-hybridized carbons (Fsp3) is 0. The van der Waals surface area contributed by atoms with Crippen molar-refractivity contribution in [2.24, 2.45) is 16.0 Å². The molecule has 0 spiro atoms. The number of azo groups is 1. The third-order valence-corrected chi connectivity index (χ3v) is 3.21. The van der Waals surface area contributed by atoms with Gasteiger partial charge in [-0.3, -0.25) is 0 Å². The van der Waals surface area contributed by atoms with E-state index in [1.807, 2.05) is 42.5 Å². The van der Waals surface area contributed by atoms with Gasteiger partial charge in [-0.2, -0.15) is 0 Å². The van der Waals surface area contributed by atoms with Gasteiger partial charge in [-0.1, -0.05) is 36.4 Å². The minimum Gasteiger partial charge on any atom is -0.506 e. The number of phenols is 1. The van der Waals surface area contributed by atoms with Crippen LogP contribution < -0.4 is 5.73 Å². The molecule has 0 fully saturated rings. The molecule has 0 saturated heterocycles. The minimum atomic E-state index is -0.0674. The monoisotopic (exact) mass is 281 g/mol. The Bertz CT molecular complexity index is 858. The van der Waals surface area contributed by atoms with E-state index in [0.717, 1.165) is 21.5 Å². The van der Waals surface area contributed by atoms with Crippen LogP contribution in [0.25, 0.3) is 21.5 Å². The number of phenolic OH excluding ortho intramolecular Hbond substituents is 1. The quantitative estimate of drug-likeness (QED) is 0.402. The van der Waals surface area contributed by atoms with Crippen molar-refractivity contribution in [2.45, 2.75) is 0 Å². The fourth-order valence-corrected chi connectivity index (χ4v) is 2.31. The van der Waals surface area contributed by atoms with Crippen LogP contribution >= 0.6 is 12.2 Å². The van der Waals surface area contributed by atoms with Gasteiger partial charge in [-0.05, 0) is 40.5 Å². The second kappa shape index (κ2) is 4.86. The van der Waals surface area contributed by atoms with Crippen LogP contribution in [0.1, 0.15) is 0 Å². The highest BCUT2D eigenvalue weighted by molar-refractivity contribution is 7.80. The zero-order chi connectivity index (χ0) is 14.1. The summed E-state index contributed by atoms with van der Waals surface area (Å²) in [5.41, 5.74) is 5.69. The molecule has 4 nitrogen and oxygen atoms in total. The summed E-state index contributed by atoms with van der Waals surface area (Å²) in [6.45, 7) is 0. The first-order chi connectivity index (χ1) is 9.66. The lowest BCUT2D eigenvalue weighted by atomic mass is 10.0. The van der Waals surface area contributed by atoms with Gasteiger partial charge in [-0.25, -0.2) is 0 Å². The maximum Gasteiger partial charge on any atom is 0.211 e. The lowest BCUT2D eigenvalue weighted by molar-refractivity contribution is 0.477. The van der Waals surface area contributed by atoms with Crippen LogP contribution in [0.2, 0.25) is 0 Å². The molecule has 3 aromatic rings. The third-order valence-electron chi connectivity index (χ3n) is 3.12. The maximum absolute atomic E-state index is 9.96. The Morgan fingerprint density at radius 1 is 0.950 bits per heavy atom. The van der Waals surface area contributed by atoms with Crippen LogP contribution in [0.15, 0.2) is 58.8 Å². The van der Waals surface area contributed by atoms with Gasteiger partial charge in [0.25, 0.3) is 0 Å². The molecule has 0 radical (unpaired) electrons. The van der Waals surface area contributed by atoms with Gasteiger partial charge in [0, 0.05) is 5.39 Å². The minimum absolute atomic E-state index is 0.0489. The molecule has 0 bridgehead atoms.